The van der Waals surface area contributed by atoms with Crippen molar-refractivity contribution in [2.75, 3.05) is 0 Å². The molecule has 16 heavy (non-hydrogen) atoms. The highest BCUT2D eigenvalue weighted by atomic mass is 79.9. The van der Waals surface area contributed by atoms with Gasteiger partial charge in [0.05, 0.1) is 5.56 Å². The molecule has 1 aromatic heterocycles. The van der Waals surface area contributed by atoms with Crippen LogP contribution in [-0.4, -0.2) is 11.1 Å². The Morgan fingerprint density at radius 2 is 2.12 bits per heavy atom. The molecule has 0 unspecified atom stereocenters. The van der Waals surface area contributed by atoms with E-state index >= 15 is 0 Å². The summed E-state index contributed by atoms with van der Waals surface area (Å²) in [4.78, 5) is 11.6. The normalized spacial score (nSPS) is 10.4. The molecule has 1 N–H and O–H groups in total. The van der Waals surface area contributed by atoms with E-state index in [0.29, 0.717) is 5.56 Å². The summed E-state index contributed by atoms with van der Waals surface area (Å²) < 4.78 is 14.1. The number of carboxylic acid groups (broad SMARTS) is 1. The zero-order valence-corrected chi connectivity index (χ0v) is 10.3. The predicted molar refractivity (Wildman–Crippen MR) is 64.4 cm³/mol. The van der Waals surface area contributed by atoms with E-state index in [0.717, 1.165) is 15.4 Å². The van der Waals surface area contributed by atoms with Crippen molar-refractivity contribution in [3.05, 3.63) is 45.5 Å². The van der Waals surface area contributed by atoms with Gasteiger partial charge in [0.1, 0.15) is 5.82 Å². The summed E-state index contributed by atoms with van der Waals surface area (Å²) in [5.41, 5.74) is 0.523. The summed E-state index contributed by atoms with van der Waals surface area (Å²) >= 11 is 4.75. The summed E-state index contributed by atoms with van der Waals surface area (Å²) in [5.74, 6) is -1.68. The molecule has 0 aliphatic rings. The smallest absolute Gasteiger partial charge is 0.335 e. The average Bonchev–Trinajstić information content (AvgIpc) is 2.63. The summed E-state index contributed by atoms with van der Waals surface area (Å²) in [6, 6.07) is 5.63. The quantitative estimate of drug-likeness (QED) is 0.910. The van der Waals surface area contributed by atoms with Gasteiger partial charge >= 0.3 is 5.97 Å². The lowest BCUT2D eigenvalue weighted by Crippen LogP contribution is -1.97. The van der Waals surface area contributed by atoms with Crippen molar-refractivity contribution < 1.29 is 14.3 Å². The van der Waals surface area contributed by atoms with Crippen LogP contribution in [0.15, 0.2) is 34.1 Å². The number of rotatable bonds is 2. The van der Waals surface area contributed by atoms with Gasteiger partial charge in [0.15, 0.2) is 0 Å². The van der Waals surface area contributed by atoms with E-state index in [1.165, 1.54) is 23.5 Å². The number of hydrogen-bond acceptors (Lipinski definition) is 2. The largest absolute Gasteiger partial charge is 0.478 e. The molecule has 0 fully saturated rings. The summed E-state index contributed by atoms with van der Waals surface area (Å²) in [7, 11) is 0. The molecular formula is C11H6BrFO2S. The molecule has 0 aliphatic heterocycles. The Morgan fingerprint density at radius 1 is 1.38 bits per heavy atom. The fraction of sp³-hybridized carbons (Fsp3) is 0. The van der Waals surface area contributed by atoms with Crippen LogP contribution in [0.3, 0.4) is 0 Å². The zero-order valence-electron chi connectivity index (χ0n) is 7.91. The van der Waals surface area contributed by atoms with Crippen LogP contribution in [0, 0.1) is 5.82 Å². The van der Waals surface area contributed by atoms with Crippen molar-refractivity contribution in [3.63, 3.8) is 0 Å². The number of hydrogen-bond donors (Lipinski definition) is 1. The van der Waals surface area contributed by atoms with E-state index in [1.807, 2.05) is 11.4 Å². The van der Waals surface area contributed by atoms with Crippen LogP contribution in [0.1, 0.15) is 10.4 Å². The monoisotopic (exact) mass is 300 g/mol. The second kappa shape index (κ2) is 4.35. The Morgan fingerprint density at radius 3 is 2.69 bits per heavy atom. The first-order valence-electron chi connectivity index (χ1n) is 4.35. The van der Waals surface area contributed by atoms with Gasteiger partial charge in [0.2, 0.25) is 0 Å². The number of carboxylic acids is 1. The first-order chi connectivity index (χ1) is 7.58. The van der Waals surface area contributed by atoms with Gasteiger partial charge in [-0.25, -0.2) is 9.18 Å². The highest BCUT2D eigenvalue weighted by Gasteiger charge is 2.11. The molecule has 0 bridgehead atoms. The Bertz CT molecular complexity index is 551. The molecule has 0 atom stereocenters. The average molecular weight is 301 g/mol. The van der Waals surface area contributed by atoms with Crippen LogP contribution in [0.4, 0.5) is 4.39 Å². The van der Waals surface area contributed by atoms with Crippen LogP contribution in [-0.2, 0) is 0 Å². The molecule has 2 aromatic rings. The lowest BCUT2D eigenvalue weighted by Gasteiger charge is -2.02. The zero-order chi connectivity index (χ0) is 11.7. The molecule has 1 heterocycles. The van der Waals surface area contributed by atoms with Crippen LogP contribution >= 0.6 is 27.3 Å². The van der Waals surface area contributed by atoms with Gasteiger partial charge in [-0.15, -0.1) is 11.3 Å². The Balaban J connectivity index is 2.58. The van der Waals surface area contributed by atoms with Gasteiger partial charge in [0, 0.05) is 9.35 Å². The van der Waals surface area contributed by atoms with Gasteiger partial charge in [-0.3, -0.25) is 0 Å². The Kier molecular flexibility index (Phi) is 3.07. The molecule has 1 aromatic carbocycles. The topological polar surface area (TPSA) is 37.3 Å². The van der Waals surface area contributed by atoms with Crippen molar-refractivity contribution in [1.82, 2.24) is 0 Å². The molecule has 0 spiro atoms. The van der Waals surface area contributed by atoms with E-state index < -0.39 is 11.8 Å². The predicted octanol–water partition coefficient (Wildman–Crippen LogP) is 4.01. The minimum atomic E-state index is -1.13. The fourth-order valence-corrected chi connectivity index (χ4v) is 2.94. The summed E-state index contributed by atoms with van der Waals surface area (Å²) in [5, 5.41) is 10.7. The molecular weight excluding hydrogens is 295 g/mol. The first kappa shape index (κ1) is 11.3. The fourth-order valence-electron chi connectivity index (χ4n) is 1.34. The maximum absolute atomic E-state index is 13.2. The van der Waals surface area contributed by atoms with E-state index in [-0.39, 0.29) is 5.56 Å². The number of carbonyl (C=O) groups is 1. The summed E-state index contributed by atoms with van der Waals surface area (Å²) in [6.45, 7) is 0. The van der Waals surface area contributed by atoms with Crippen LogP contribution in [0.5, 0.6) is 0 Å². The number of halogens is 2. The standard InChI is InChI=1S/C11H6BrFO2S/c12-9-1-2-16-10(9)6-3-7(11(14)15)5-8(13)4-6/h1-5H,(H,14,15). The molecule has 5 heteroatoms. The Labute approximate surface area is 103 Å². The van der Waals surface area contributed by atoms with Crippen molar-refractivity contribution in [2.45, 2.75) is 0 Å². The molecule has 0 saturated carbocycles. The molecule has 82 valence electrons. The summed E-state index contributed by atoms with van der Waals surface area (Å²) in [6.07, 6.45) is 0. The van der Waals surface area contributed by atoms with Gasteiger partial charge < -0.3 is 5.11 Å². The number of aromatic carboxylic acids is 1. The van der Waals surface area contributed by atoms with Crippen LogP contribution < -0.4 is 0 Å². The van der Waals surface area contributed by atoms with Crippen LogP contribution in [0.2, 0.25) is 0 Å². The van der Waals surface area contributed by atoms with E-state index in [1.54, 1.807) is 0 Å². The SMILES string of the molecule is O=C(O)c1cc(F)cc(-c2sccc2Br)c1. The van der Waals surface area contributed by atoms with Crippen molar-refractivity contribution >= 4 is 33.2 Å². The second-order valence-corrected chi connectivity index (χ2v) is 4.90. The molecule has 0 amide bonds. The van der Waals surface area contributed by atoms with Crippen molar-refractivity contribution in [3.8, 4) is 10.4 Å². The maximum Gasteiger partial charge on any atom is 0.335 e. The third-order valence-electron chi connectivity index (χ3n) is 2.02. The number of benzene rings is 1. The van der Waals surface area contributed by atoms with Gasteiger partial charge in [0.25, 0.3) is 0 Å². The first-order valence-corrected chi connectivity index (χ1v) is 6.02. The molecule has 0 aliphatic carbocycles. The molecule has 0 radical (unpaired) electrons. The van der Waals surface area contributed by atoms with Crippen molar-refractivity contribution in [2.24, 2.45) is 0 Å². The van der Waals surface area contributed by atoms with Crippen LogP contribution in [0.25, 0.3) is 10.4 Å². The highest BCUT2D eigenvalue weighted by Crippen LogP contribution is 2.34. The van der Waals surface area contributed by atoms with E-state index in [9.17, 15) is 9.18 Å². The maximum atomic E-state index is 13.2. The highest BCUT2D eigenvalue weighted by molar-refractivity contribution is 9.10. The minimum Gasteiger partial charge on any atom is -0.478 e. The second-order valence-electron chi connectivity index (χ2n) is 3.13. The van der Waals surface area contributed by atoms with E-state index in [2.05, 4.69) is 15.9 Å². The number of thiophene rings is 1. The van der Waals surface area contributed by atoms with Gasteiger partial charge in [-0.1, -0.05) is 0 Å². The third kappa shape index (κ3) is 2.15. The van der Waals surface area contributed by atoms with Gasteiger partial charge in [-0.2, -0.15) is 0 Å². The lowest BCUT2D eigenvalue weighted by molar-refractivity contribution is 0.0696. The molecule has 2 nitrogen and oxygen atoms in total. The molecule has 2 rings (SSSR count). The molecule has 0 saturated heterocycles. The third-order valence-corrected chi connectivity index (χ3v) is 3.91. The van der Waals surface area contributed by atoms with Gasteiger partial charge in [-0.05, 0) is 51.1 Å². The van der Waals surface area contributed by atoms with Crippen molar-refractivity contribution in [1.29, 1.82) is 0 Å². The van der Waals surface area contributed by atoms with E-state index in [4.69, 9.17) is 5.11 Å². The lowest BCUT2D eigenvalue weighted by atomic mass is 10.1. The minimum absolute atomic E-state index is 0.0460. The Hall–Kier alpha value is -1.20.